The molecule has 1 amide bonds. The Morgan fingerprint density at radius 2 is 2.29 bits per heavy atom. The molecule has 0 atom stereocenters. The van der Waals surface area contributed by atoms with Gasteiger partial charge in [-0.05, 0) is 0 Å². The van der Waals surface area contributed by atoms with Gasteiger partial charge in [0.1, 0.15) is 5.82 Å². The molecule has 0 aromatic carbocycles. The zero-order valence-electron chi connectivity index (χ0n) is 9.13. The highest BCUT2D eigenvalue weighted by molar-refractivity contribution is 5.75. The average Bonchev–Trinajstić information content (AvgIpc) is 2.73. The van der Waals surface area contributed by atoms with Crippen LogP contribution in [0, 0.1) is 0 Å². The summed E-state index contributed by atoms with van der Waals surface area (Å²) >= 11 is 0. The Bertz CT molecular complexity index is 232. The van der Waals surface area contributed by atoms with Gasteiger partial charge in [0.25, 0.3) is 0 Å². The number of hydrogen-bond acceptors (Lipinski definition) is 2. The second kappa shape index (κ2) is 8.29. The molecule has 80 valence electrons. The first-order valence-electron chi connectivity index (χ1n) is 5.08. The van der Waals surface area contributed by atoms with Crippen molar-refractivity contribution in [3.8, 4) is 0 Å². The highest BCUT2D eigenvalue weighted by Crippen LogP contribution is 1.88. The molecule has 0 fully saturated rings. The first-order chi connectivity index (χ1) is 6.83. The normalized spacial score (nSPS) is 8.79. The van der Waals surface area contributed by atoms with Crippen molar-refractivity contribution in [1.82, 2.24) is 15.3 Å². The number of hydrogen-bond donors (Lipinski definition) is 2. The molecule has 0 saturated carbocycles. The van der Waals surface area contributed by atoms with Gasteiger partial charge in [0.05, 0.1) is 0 Å². The lowest BCUT2D eigenvalue weighted by Crippen LogP contribution is -2.24. The van der Waals surface area contributed by atoms with Crippen molar-refractivity contribution in [2.24, 2.45) is 0 Å². The van der Waals surface area contributed by atoms with Crippen LogP contribution in [0.5, 0.6) is 0 Å². The molecular weight excluding hydrogens is 178 g/mol. The van der Waals surface area contributed by atoms with Crippen LogP contribution in [-0.4, -0.2) is 22.4 Å². The maximum atomic E-state index is 10.8. The summed E-state index contributed by atoms with van der Waals surface area (Å²) in [5, 5.41) is 2.77. The fraction of sp³-hybridized carbons (Fsp3) is 0.600. The number of aromatic nitrogens is 2. The Morgan fingerprint density at radius 3 is 2.79 bits per heavy atom. The molecule has 0 unspecified atom stereocenters. The predicted molar refractivity (Wildman–Crippen MR) is 56.9 cm³/mol. The Hall–Kier alpha value is -1.32. The molecule has 1 rings (SSSR count). The van der Waals surface area contributed by atoms with Crippen LogP contribution in [0.1, 0.15) is 33.0 Å². The van der Waals surface area contributed by atoms with E-state index in [1.807, 2.05) is 20.8 Å². The minimum Gasteiger partial charge on any atom is -0.356 e. The van der Waals surface area contributed by atoms with Gasteiger partial charge >= 0.3 is 0 Å². The molecule has 1 aromatic heterocycles. The third-order valence-corrected chi connectivity index (χ3v) is 1.56. The van der Waals surface area contributed by atoms with Gasteiger partial charge in [-0.2, -0.15) is 0 Å². The summed E-state index contributed by atoms with van der Waals surface area (Å²) in [6, 6.07) is 0. The summed E-state index contributed by atoms with van der Waals surface area (Å²) in [5.41, 5.74) is 0. The fourth-order valence-corrected chi connectivity index (χ4v) is 0.880. The number of nitrogens with one attached hydrogen (secondary N) is 2. The average molecular weight is 197 g/mol. The lowest BCUT2D eigenvalue weighted by molar-refractivity contribution is -0.120. The van der Waals surface area contributed by atoms with Crippen molar-refractivity contribution < 1.29 is 4.79 Å². The number of carbonyl (C=O) groups is 1. The van der Waals surface area contributed by atoms with Gasteiger partial charge in [0.15, 0.2) is 0 Å². The van der Waals surface area contributed by atoms with Crippen LogP contribution in [-0.2, 0) is 11.2 Å². The molecule has 0 spiro atoms. The predicted octanol–water partition coefficient (Wildman–Crippen LogP) is 1.50. The van der Waals surface area contributed by atoms with Crippen molar-refractivity contribution in [1.29, 1.82) is 0 Å². The Morgan fingerprint density at radius 1 is 1.57 bits per heavy atom. The van der Waals surface area contributed by atoms with Crippen molar-refractivity contribution >= 4 is 5.91 Å². The maximum absolute atomic E-state index is 10.8. The number of imidazole rings is 1. The topological polar surface area (TPSA) is 57.8 Å². The molecule has 0 bridgehead atoms. The Labute approximate surface area is 85.1 Å². The lowest BCUT2D eigenvalue weighted by atomic mass is 10.4. The van der Waals surface area contributed by atoms with E-state index < -0.39 is 0 Å². The summed E-state index contributed by atoms with van der Waals surface area (Å²) in [6.45, 7) is 6.49. The third kappa shape index (κ3) is 5.35. The van der Waals surface area contributed by atoms with E-state index in [1.54, 1.807) is 12.4 Å². The SMILES string of the molecule is CC.CCC(=O)NCCc1ncc[nH]1. The second-order valence-corrected chi connectivity index (χ2v) is 2.49. The smallest absolute Gasteiger partial charge is 0.219 e. The van der Waals surface area contributed by atoms with Gasteiger partial charge in [-0.15, -0.1) is 0 Å². The number of rotatable bonds is 4. The van der Waals surface area contributed by atoms with E-state index >= 15 is 0 Å². The van der Waals surface area contributed by atoms with Gasteiger partial charge in [-0.1, -0.05) is 20.8 Å². The quantitative estimate of drug-likeness (QED) is 0.768. The molecular formula is C10H19N3O. The van der Waals surface area contributed by atoms with Gasteiger partial charge in [-0.25, -0.2) is 4.98 Å². The minimum atomic E-state index is 0.0848. The van der Waals surface area contributed by atoms with Crippen molar-refractivity contribution in [3.05, 3.63) is 18.2 Å². The van der Waals surface area contributed by atoms with Gasteiger partial charge in [0, 0.05) is 31.8 Å². The van der Waals surface area contributed by atoms with E-state index in [9.17, 15) is 4.79 Å². The van der Waals surface area contributed by atoms with Crippen LogP contribution in [0.25, 0.3) is 0 Å². The maximum Gasteiger partial charge on any atom is 0.219 e. The fourth-order valence-electron chi connectivity index (χ4n) is 0.880. The van der Waals surface area contributed by atoms with Crippen LogP contribution in [0.3, 0.4) is 0 Å². The van der Waals surface area contributed by atoms with E-state index in [1.165, 1.54) is 0 Å². The van der Waals surface area contributed by atoms with E-state index in [0.717, 1.165) is 12.2 Å². The minimum absolute atomic E-state index is 0.0848. The van der Waals surface area contributed by atoms with Crippen LogP contribution in [0.4, 0.5) is 0 Å². The largest absolute Gasteiger partial charge is 0.356 e. The van der Waals surface area contributed by atoms with Gasteiger partial charge in [0.2, 0.25) is 5.91 Å². The molecule has 1 heterocycles. The molecule has 1 aromatic rings. The molecule has 4 nitrogen and oxygen atoms in total. The van der Waals surface area contributed by atoms with Crippen LogP contribution >= 0.6 is 0 Å². The number of nitrogens with zero attached hydrogens (tertiary/aromatic N) is 1. The standard InChI is InChI=1S/C8H13N3O.C2H6/c1-2-8(12)11-4-3-7-9-5-6-10-7;1-2/h5-6H,2-4H2,1H3,(H,9,10)(H,11,12);1-2H3. The van der Waals surface area contributed by atoms with Crippen molar-refractivity contribution in [3.63, 3.8) is 0 Å². The van der Waals surface area contributed by atoms with E-state index in [4.69, 9.17) is 0 Å². The summed E-state index contributed by atoms with van der Waals surface area (Å²) in [7, 11) is 0. The molecule has 2 N–H and O–H groups in total. The Kier molecular flexibility index (Phi) is 7.50. The van der Waals surface area contributed by atoms with E-state index in [-0.39, 0.29) is 5.91 Å². The second-order valence-electron chi connectivity index (χ2n) is 2.49. The van der Waals surface area contributed by atoms with Crippen LogP contribution in [0.2, 0.25) is 0 Å². The first kappa shape index (κ1) is 12.7. The molecule has 0 saturated heterocycles. The zero-order chi connectivity index (χ0) is 10.8. The Balaban J connectivity index is 0.000000791. The molecule has 0 radical (unpaired) electrons. The summed E-state index contributed by atoms with van der Waals surface area (Å²) < 4.78 is 0. The molecule has 0 aliphatic carbocycles. The van der Waals surface area contributed by atoms with E-state index in [0.29, 0.717) is 13.0 Å². The van der Waals surface area contributed by atoms with E-state index in [2.05, 4.69) is 15.3 Å². The highest BCUT2D eigenvalue weighted by Gasteiger charge is 1.97. The van der Waals surface area contributed by atoms with Gasteiger partial charge in [-0.3, -0.25) is 4.79 Å². The lowest BCUT2D eigenvalue weighted by Gasteiger charge is -2.00. The van der Waals surface area contributed by atoms with Crippen LogP contribution < -0.4 is 5.32 Å². The van der Waals surface area contributed by atoms with Crippen molar-refractivity contribution in [2.45, 2.75) is 33.6 Å². The number of amides is 1. The molecule has 14 heavy (non-hydrogen) atoms. The zero-order valence-corrected chi connectivity index (χ0v) is 9.13. The van der Waals surface area contributed by atoms with Gasteiger partial charge < -0.3 is 10.3 Å². The summed E-state index contributed by atoms with van der Waals surface area (Å²) in [5.74, 6) is 0.993. The van der Waals surface area contributed by atoms with Crippen LogP contribution in [0.15, 0.2) is 12.4 Å². The molecule has 0 aliphatic heterocycles. The number of aromatic amines is 1. The molecule has 0 aliphatic rings. The summed E-state index contributed by atoms with van der Waals surface area (Å²) in [4.78, 5) is 17.8. The highest BCUT2D eigenvalue weighted by atomic mass is 16.1. The monoisotopic (exact) mass is 197 g/mol. The molecule has 4 heteroatoms. The number of carbonyl (C=O) groups excluding carboxylic acids is 1. The third-order valence-electron chi connectivity index (χ3n) is 1.56. The summed E-state index contributed by atoms with van der Waals surface area (Å²) in [6.07, 6.45) is 4.78. The first-order valence-corrected chi connectivity index (χ1v) is 5.08. The van der Waals surface area contributed by atoms with Crippen molar-refractivity contribution in [2.75, 3.05) is 6.54 Å². The number of H-pyrrole nitrogens is 1.